The van der Waals surface area contributed by atoms with Crippen molar-refractivity contribution in [1.29, 1.82) is 0 Å². The summed E-state index contributed by atoms with van der Waals surface area (Å²) in [5, 5.41) is 10.5. The molecule has 6 heteroatoms. The molecule has 33 heavy (non-hydrogen) atoms. The molecule has 3 heterocycles. The molecule has 0 atom stereocenters. The minimum atomic E-state index is -0.953. The summed E-state index contributed by atoms with van der Waals surface area (Å²) in [5.41, 5.74) is 5.65. The van der Waals surface area contributed by atoms with Crippen LogP contribution in [-0.4, -0.2) is 39.1 Å². The molecule has 2 N–H and O–H groups in total. The second kappa shape index (κ2) is 10.9. The van der Waals surface area contributed by atoms with Crippen LogP contribution >= 0.6 is 0 Å². The number of aryl methyl sites for hydroxylation is 1. The summed E-state index contributed by atoms with van der Waals surface area (Å²) < 4.78 is 0. The first kappa shape index (κ1) is 24.2. The Kier molecular flexibility index (Phi) is 8.04. The number of anilines is 1. The second-order valence-corrected chi connectivity index (χ2v) is 7.71. The van der Waals surface area contributed by atoms with Crippen molar-refractivity contribution >= 4 is 33.7 Å². The number of nitrogens with zero attached hydrogens (tertiary/aromatic N) is 3. The molecule has 0 spiro atoms. The van der Waals surface area contributed by atoms with E-state index < -0.39 is 5.97 Å². The molecule has 1 saturated heterocycles. The molecule has 1 aliphatic rings. The van der Waals surface area contributed by atoms with Gasteiger partial charge < -0.3 is 15.0 Å². The second-order valence-electron chi connectivity index (χ2n) is 7.71. The molecule has 2 aromatic carbocycles. The van der Waals surface area contributed by atoms with Crippen molar-refractivity contribution in [3.8, 4) is 11.3 Å². The smallest absolute Gasteiger partial charge is 0.335 e. The summed E-state index contributed by atoms with van der Waals surface area (Å²) in [5.74, 6) is -0.114. The first-order valence-corrected chi connectivity index (χ1v) is 12.0. The molecule has 0 unspecified atom stereocenters. The number of H-pyrrole nitrogens is 1. The van der Waals surface area contributed by atoms with Gasteiger partial charge in [0.15, 0.2) is 5.82 Å². The lowest BCUT2D eigenvalue weighted by atomic mass is 10.1. The zero-order chi connectivity index (χ0) is 24.0. The molecule has 0 saturated carbocycles. The van der Waals surface area contributed by atoms with Gasteiger partial charge in [0.05, 0.1) is 16.6 Å². The van der Waals surface area contributed by atoms with Gasteiger partial charge in [-0.2, -0.15) is 0 Å². The zero-order valence-corrected chi connectivity index (χ0v) is 20.3. The molecule has 0 amide bonds. The monoisotopic (exact) mass is 446 g/mol. The highest BCUT2D eigenvalue weighted by Gasteiger charge is 2.20. The number of hydrogen-bond acceptors (Lipinski definition) is 4. The Morgan fingerprint density at radius 2 is 1.64 bits per heavy atom. The van der Waals surface area contributed by atoms with E-state index in [4.69, 9.17) is 9.97 Å². The van der Waals surface area contributed by atoms with Crippen LogP contribution < -0.4 is 4.90 Å². The Balaban J connectivity index is 0.000000728. The van der Waals surface area contributed by atoms with Crippen LogP contribution in [0.25, 0.3) is 33.2 Å². The number of hydrogen-bond donors (Lipinski definition) is 2. The van der Waals surface area contributed by atoms with Crippen molar-refractivity contribution in [2.45, 2.75) is 53.9 Å². The standard InChI is InChI=1S/C23H22N4O2.2C2H6/c1-14-11-17-12-15(5-7-18(17)24-14)21-22(27-9-3-2-4-10-27)26-20-13-16(23(28)29)6-8-19(20)25-21;2*1-2/h5-8,11-13,24H,2-4,9-10H2,1H3,(H,28,29);2*1-2H3. The number of carboxylic acid groups (broad SMARTS) is 1. The Hall–Kier alpha value is -3.41. The third-order valence-electron chi connectivity index (χ3n) is 5.58. The molecule has 0 aliphatic carbocycles. The molecule has 2 aromatic heterocycles. The number of aromatic carboxylic acids is 1. The molecule has 4 aromatic rings. The Bertz CT molecular complexity index is 1240. The summed E-state index contributed by atoms with van der Waals surface area (Å²) >= 11 is 0. The normalized spacial score (nSPS) is 13.2. The van der Waals surface area contributed by atoms with Crippen molar-refractivity contribution in [2.75, 3.05) is 18.0 Å². The van der Waals surface area contributed by atoms with Gasteiger partial charge in [-0.05, 0) is 62.6 Å². The third kappa shape index (κ3) is 5.16. The van der Waals surface area contributed by atoms with Gasteiger partial charge in [0.1, 0.15) is 5.69 Å². The zero-order valence-electron chi connectivity index (χ0n) is 20.3. The van der Waals surface area contributed by atoms with E-state index in [9.17, 15) is 9.90 Å². The summed E-state index contributed by atoms with van der Waals surface area (Å²) in [6.07, 6.45) is 3.49. The highest BCUT2D eigenvalue weighted by atomic mass is 16.4. The number of benzene rings is 2. The quantitative estimate of drug-likeness (QED) is 0.360. The van der Waals surface area contributed by atoms with Crippen LogP contribution in [-0.2, 0) is 0 Å². The van der Waals surface area contributed by atoms with Gasteiger partial charge in [-0.3, -0.25) is 0 Å². The highest BCUT2D eigenvalue weighted by Crippen LogP contribution is 2.33. The predicted molar refractivity (Wildman–Crippen MR) is 137 cm³/mol. The SMILES string of the molecule is CC.CC.Cc1cc2cc(-c3nc4ccc(C(=O)O)cc4nc3N3CCCCC3)ccc2[nH]1. The van der Waals surface area contributed by atoms with Crippen LogP contribution in [0.5, 0.6) is 0 Å². The first-order valence-electron chi connectivity index (χ1n) is 12.0. The molecule has 1 aliphatic heterocycles. The predicted octanol–water partition coefficient (Wildman–Crippen LogP) is 6.83. The van der Waals surface area contributed by atoms with Crippen LogP contribution in [0.4, 0.5) is 5.82 Å². The van der Waals surface area contributed by atoms with Crippen molar-refractivity contribution < 1.29 is 9.90 Å². The molecule has 0 bridgehead atoms. The largest absolute Gasteiger partial charge is 0.478 e. The number of aromatic amines is 1. The van der Waals surface area contributed by atoms with Gasteiger partial charge in [0, 0.05) is 35.2 Å². The minimum absolute atomic E-state index is 0.230. The fourth-order valence-corrected chi connectivity index (χ4v) is 4.12. The third-order valence-corrected chi connectivity index (χ3v) is 5.58. The van der Waals surface area contributed by atoms with Gasteiger partial charge in [0.25, 0.3) is 0 Å². The Morgan fingerprint density at radius 3 is 2.33 bits per heavy atom. The molecule has 0 radical (unpaired) electrons. The van der Waals surface area contributed by atoms with Crippen LogP contribution in [0.15, 0.2) is 42.5 Å². The number of rotatable bonds is 3. The fraction of sp³-hybridized carbons (Fsp3) is 0.370. The molecule has 6 nitrogen and oxygen atoms in total. The lowest BCUT2D eigenvalue weighted by Gasteiger charge is -2.29. The van der Waals surface area contributed by atoms with E-state index in [-0.39, 0.29) is 5.56 Å². The maximum Gasteiger partial charge on any atom is 0.335 e. The van der Waals surface area contributed by atoms with Gasteiger partial charge in [-0.25, -0.2) is 14.8 Å². The Morgan fingerprint density at radius 1 is 0.909 bits per heavy atom. The van der Waals surface area contributed by atoms with E-state index in [0.29, 0.717) is 11.0 Å². The number of aromatic nitrogens is 3. The van der Waals surface area contributed by atoms with Crippen molar-refractivity contribution in [2.24, 2.45) is 0 Å². The van der Waals surface area contributed by atoms with Crippen molar-refractivity contribution in [1.82, 2.24) is 15.0 Å². The van der Waals surface area contributed by atoms with Crippen LogP contribution in [0.2, 0.25) is 0 Å². The van der Waals surface area contributed by atoms with E-state index in [2.05, 4.69) is 41.1 Å². The minimum Gasteiger partial charge on any atom is -0.478 e. The van der Waals surface area contributed by atoms with E-state index in [1.807, 2.05) is 27.7 Å². The summed E-state index contributed by atoms with van der Waals surface area (Å²) in [4.78, 5) is 26.9. The average molecular weight is 447 g/mol. The van der Waals surface area contributed by atoms with Crippen molar-refractivity contribution in [3.05, 3.63) is 53.7 Å². The summed E-state index contributed by atoms with van der Waals surface area (Å²) in [7, 11) is 0. The topological polar surface area (TPSA) is 82.1 Å². The van der Waals surface area contributed by atoms with Gasteiger partial charge in [0.2, 0.25) is 0 Å². The maximum atomic E-state index is 11.4. The number of fused-ring (bicyclic) bond motifs is 2. The van der Waals surface area contributed by atoms with Crippen molar-refractivity contribution in [3.63, 3.8) is 0 Å². The highest BCUT2D eigenvalue weighted by molar-refractivity contribution is 5.94. The van der Waals surface area contributed by atoms with E-state index >= 15 is 0 Å². The summed E-state index contributed by atoms with van der Waals surface area (Å²) in [6.45, 7) is 11.9. The van der Waals surface area contributed by atoms with E-state index in [1.165, 1.54) is 6.42 Å². The number of nitrogens with one attached hydrogen (secondary N) is 1. The molecular formula is C27H34N4O2. The lowest BCUT2D eigenvalue weighted by molar-refractivity contribution is 0.0697. The molecule has 5 rings (SSSR count). The fourth-order valence-electron chi connectivity index (χ4n) is 4.12. The molecular weight excluding hydrogens is 412 g/mol. The van der Waals surface area contributed by atoms with Gasteiger partial charge in [-0.15, -0.1) is 0 Å². The van der Waals surface area contributed by atoms with E-state index in [0.717, 1.165) is 59.6 Å². The van der Waals surface area contributed by atoms with E-state index in [1.54, 1.807) is 18.2 Å². The average Bonchev–Trinajstić information content (AvgIpc) is 3.25. The molecule has 174 valence electrons. The summed E-state index contributed by atoms with van der Waals surface area (Å²) in [6, 6.07) is 13.4. The van der Waals surface area contributed by atoms with Gasteiger partial charge in [-0.1, -0.05) is 33.8 Å². The number of piperidine rings is 1. The number of carboxylic acids is 1. The van der Waals surface area contributed by atoms with Crippen LogP contribution in [0.1, 0.15) is 63.0 Å². The van der Waals surface area contributed by atoms with Crippen LogP contribution in [0.3, 0.4) is 0 Å². The Labute approximate surface area is 195 Å². The maximum absolute atomic E-state index is 11.4. The first-order chi connectivity index (χ1) is 16.1. The molecule has 1 fully saturated rings. The van der Waals surface area contributed by atoms with Crippen LogP contribution in [0, 0.1) is 6.92 Å². The lowest BCUT2D eigenvalue weighted by Crippen LogP contribution is -2.31. The number of carbonyl (C=O) groups is 1. The van der Waals surface area contributed by atoms with Gasteiger partial charge >= 0.3 is 5.97 Å².